The van der Waals surface area contributed by atoms with Gasteiger partial charge in [0.2, 0.25) is 0 Å². The maximum absolute atomic E-state index is 11.2. The largest absolute Gasteiger partial charge is 0.519 e. The van der Waals surface area contributed by atoms with Gasteiger partial charge < -0.3 is 9.47 Å². The van der Waals surface area contributed by atoms with Gasteiger partial charge in [-0.15, -0.1) is 0 Å². The Hall–Kier alpha value is -0.900. The average Bonchev–Trinajstić information content (AvgIpc) is 2.09. The van der Waals surface area contributed by atoms with E-state index in [1.165, 1.54) is 19.1 Å². The van der Waals surface area contributed by atoms with E-state index in [-0.39, 0.29) is 21.6 Å². The van der Waals surface area contributed by atoms with Crippen molar-refractivity contribution in [1.29, 1.82) is 0 Å². The molecule has 0 spiro atoms. The fourth-order valence-corrected chi connectivity index (χ4v) is 1.77. The molecular weight excluding hydrogens is 274 g/mol. The Morgan fingerprint density at radius 2 is 1.75 bits per heavy atom. The molecule has 16 heavy (non-hydrogen) atoms. The molecule has 1 rings (SSSR count). The molecule has 0 aliphatic heterocycles. The molecule has 1 aromatic rings. The lowest BCUT2D eigenvalue weighted by atomic mass is 10.3. The summed E-state index contributed by atoms with van der Waals surface area (Å²) in [6.07, 6.45) is -0.960. The molecule has 0 N–H and O–H groups in total. The third-order valence-electron chi connectivity index (χ3n) is 1.41. The van der Waals surface area contributed by atoms with Gasteiger partial charge in [-0.25, -0.2) is 4.79 Å². The van der Waals surface area contributed by atoms with Gasteiger partial charge >= 0.3 is 6.16 Å². The van der Waals surface area contributed by atoms with Gasteiger partial charge in [0.05, 0.1) is 10.0 Å². The molecule has 3 nitrogen and oxygen atoms in total. The van der Waals surface area contributed by atoms with Crippen molar-refractivity contribution < 1.29 is 14.3 Å². The first-order valence-corrected chi connectivity index (χ1v) is 5.23. The van der Waals surface area contributed by atoms with Crippen molar-refractivity contribution in [2.24, 2.45) is 0 Å². The van der Waals surface area contributed by atoms with Crippen molar-refractivity contribution in [2.45, 2.75) is 6.92 Å². The van der Waals surface area contributed by atoms with Crippen LogP contribution in [0.4, 0.5) is 4.79 Å². The quantitative estimate of drug-likeness (QED) is 0.448. The minimum Gasteiger partial charge on any atom is -0.400 e. The second-order valence-corrected chi connectivity index (χ2v) is 4.11. The maximum atomic E-state index is 11.2. The summed E-state index contributed by atoms with van der Waals surface area (Å²) in [5.74, 6) is 0.199. The van der Waals surface area contributed by atoms with Gasteiger partial charge in [0.25, 0.3) is 0 Å². The van der Waals surface area contributed by atoms with E-state index in [1.54, 1.807) is 0 Å². The topological polar surface area (TPSA) is 35.5 Å². The molecule has 6 heteroatoms. The zero-order valence-electron chi connectivity index (χ0n) is 8.22. The van der Waals surface area contributed by atoms with Gasteiger partial charge in [-0.05, 0) is 19.1 Å². The van der Waals surface area contributed by atoms with E-state index in [0.717, 1.165) is 0 Å². The zero-order valence-corrected chi connectivity index (χ0v) is 10.5. The van der Waals surface area contributed by atoms with Gasteiger partial charge in [0, 0.05) is 5.02 Å². The summed E-state index contributed by atoms with van der Waals surface area (Å²) in [5, 5.41) is 0.586. The van der Waals surface area contributed by atoms with E-state index >= 15 is 0 Å². The highest BCUT2D eigenvalue weighted by atomic mass is 35.5. The number of carbonyl (C=O) groups is 1. The monoisotopic (exact) mass is 280 g/mol. The second kappa shape index (κ2) is 5.43. The third-order valence-corrected chi connectivity index (χ3v) is 2.19. The Morgan fingerprint density at radius 3 is 2.19 bits per heavy atom. The van der Waals surface area contributed by atoms with Crippen LogP contribution in [0.25, 0.3) is 0 Å². The van der Waals surface area contributed by atoms with Crippen LogP contribution in [0.1, 0.15) is 6.92 Å². The molecule has 1 aromatic carbocycles. The summed E-state index contributed by atoms with van der Waals surface area (Å²) in [6.45, 7) is 4.89. The summed E-state index contributed by atoms with van der Waals surface area (Å²) in [5.41, 5.74) is 0. The Bertz CT molecular complexity index is 420. The van der Waals surface area contributed by atoms with Crippen LogP contribution in [-0.4, -0.2) is 6.16 Å². The smallest absolute Gasteiger partial charge is 0.400 e. The summed E-state index contributed by atoms with van der Waals surface area (Å²) in [6, 6.07) is 2.80. The van der Waals surface area contributed by atoms with E-state index in [4.69, 9.17) is 39.5 Å². The summed E-state index contributed by atoms with van der Waals surface area (Å²) in [4.78, 5) is 11.2. The number of halogens is 3. The van der Waals surface area contributed by atoms with E-state index in [1.807, 2.05) is 0 Å². The second-order valence-electron chi connectivity index (χ2n) is 2.85. The van der Waals surface area contributed by atoms with Gasteiger partial charge in [-0.3, -0.25) is 0 Å². The van der Waals surface area contributed by atoms with Crippen molar-refractivity contribution in [3.8, 4) is 5.75 Å². The summed E-state index contributed by atoms with van der Waals surface area (Å²) in [7, 11) is 0. The summed E-state index contributed by atoms with van der Waals surface area (Å²) >= 11 is 17.3. The van der Waals surface area contributed by atoms with Crippen LogP contribution in [0, 0.1) is 0 Å². The highest BCUT2D eigenvalue weighted by Gasteiger charge is 2.14. The van der Waals surface area contributed by atoms with Gasteiger partial charge in [-0.1, -0.05) is 41.4 Å². The SMILES string of the molecule is C=C(C)OC(=O)Oc1c(Cl)cc(Cl)cc1Cl. The lowest BCUT2D eigenvalue weighted by molar-refractivity contribution is 0.127. The number of hydrogen-bond acceptors (Lipinski definition) is 3. The third kappa shape index (κ3) is 3.59. The number of ether oxygens (including phenoxy) is 2. The Balaban J connectivity index is 2.89. The summed E-state index contributed by atoms with van der Waals surface area (Å²) < 4.78 is 9.39. The van der Waals surface area contributed by atoms with Crippen molar-refractivity contribution >= 4 is 41.0 Å². The van der Waals surface area contributed by atoms with E-state index in [0.29, 0.717) is 5.02 Å². The molecule has 0 heterocycles. The van der Waals surface area contributed by atoms with Crippen LogP contribution in [0.15, 0.2) is 24.5 Å². The van der Waals surface area contributed by atoms with E-state index in [2.05, 4.69) is 11.3 Å². The minimum atomic E-state index is -0.960. The fraction of sp³-hybridized carbons (Fsp3) is 0.100. The minimum absolute atomic E-state index is 0.000941. The molecule has 0 amide bonds. The number of hydrogen-bond donors (Lipinski definition) is 0. The van der Waals surface area contributed by atoms with Gasteiger partial charge in [-0.2, -0.15) is 0 Å². The van der Waals surface area contributed by atoms with Crippen LogP contribution in [0.2, 0.25) is 15.1 Å². The van der Waals surface area contributed by atoms with Crippen molar-refractivity contribution in [2.75, 3.05) is 0 Å². The number of benzene rings is 1. The standard InChI is InChI=1S/C10H7Cl3O3/c1-5(2)15-10(14)16-9-7(12)3-6(11)4-8(9)13/h3-4H,1H2,2H3. The molecule has 0 aromatic heterocycles. The number of rotatable bonds is 2. The predicted octanol–water partition coefficient (Wildman–Crippen LogP) is 4.70. The van der Waals surface area contributed by atoms with Crippen LogP contribution in [0.3, 0.4) is 0 Å². The molecule has 0 aliphatic carbocycles. The molecule has 0 fully saturated rings. The Kier molecular flexibility index (Phi) is 4.47. The first-order chi connectivity index (χ1) is 7.40. The Morgan fingerprint density at radius 1 is 1.25 bits per heavy atom. The van der Waals surface area contributed by atoms with E-state index in [9.17, 15) is 4.79 Å². The zero-order chi connectivity index (χ0) is 12.3. The van der Waals surface area contributed by atoms with Crippen molar-refractivity contribution in [3.05, 3.63) is 39.5 Å². The van der Waals surface area contributed by atoms with Crippen molar-refractivity contribution in [3.63, 3.8) is 0 Å². The molecule has 0 bridgehead atoms. The molecular formula is C10H7Cl3O3. The van der Waals surface area contributed by atoms with Crippen LogP contribution >= 0.6 is 34.8 Å². The van der Waals surface area contributed by atoms with E-state index < -0.39 is 6.16 Å². The number of allylic oxidation sites excluding steroid dienone is 1. The molecule has 86 valence electrons. The maximum Gasteiger partial charge on any atom is 0.519 e. The molecule has 0 saturated heterocycles. The molecule has 0 saturated carbocycles. The van der Waals surface area contributed by atoms with Gasteiger partial charge in [0.1, 0.15) is 5.76 Å². The van der Waals surface area contributed by atoms with Crippen LogP contribution < -0.4 is 4.74 Å². The molecule has 0 unspecified atom stereocenters. The average molecular weight is 282 g/mol. The molecule has 0 radical (unpaired) electrons. The van der Waals surface area contributed by atoms with Crippen LogP contribution in [0.5, 0.6) is 5.75 Å². The highest BCUT2D eigenvalue weighted by Crippen LogP contribution is 2.36. The normalized spacial score (nSPS) is 9.75. The fourth-order valence-electron chi connectivity index (χ4n) is 0.873. The number of carbonyl (C=O) groups excluding carboxylic acids is 1. The first-order valence-electron chi connectivity index (χ1n) is 4.10. The highest BCUT2D eigenvalue weighted by molar-refractivity contribution is 6.40. The lowest BCUT2D eigenvalue weighted by Crippen LogP contribution is -2.09. The predicted molar refractivity (Wildman–Crippen MR) is 63.4 cm³/mol. The molecule has 0 atom stereocenters. The van der Waals surface area contributed by atoms with Gasteiger partial charge in [0.15, 0.2) is 5.75 Å². The first kappa shape index (κ1) is 13.2. The molecule has 0 aliphatic rings. The van der Waals surface area contributed by atoms with Crippen molar-refractivity contribution in [1.82, 2.24) is 0 Å². The lowest BCUT2D eigenvalue weighted by Gasteiger charge is -2.08. The Labute approximate surface area is 107 Å². The van der Waals surface area contributed by atoms with Crippen LogP contribution in [-0.2, 0) is 4.74 Å².